The number of rotatable bonds is 2. The normalized spacial score (nSPS) is 24.1. The van der Waals surface area contributed by atoms with Crippen LogP contribution in [0.15, 0.2) is 18.5 Å². The highest BCUT2D eigenvalue weighted by molar-refractivity contribution is 5.94. The summed E-state index contributed by atoms with van der Waals surface area (Å²) in [7, 11) is 0. The van der Waals surface area contributed by atoms with E-state index in [-0.39, 0.29) is 5.91 Å². The lowest BCUT2D eigenvalue weighted by molar-refractivity contribution is 0.0778. The molecule has 1 aliphatic carbocycles. The van der Waals surface area contributed by atoms with Gasteiger partial charge in [0.1, 0.15) is 5.82 Å². The molecular weight excluding hydrogens is 255 g/mol. The molecule has 1 aromatic heterocycles. The number of hydrogen-bond acceptors (Lipinski definition) is 2. The van der Waals surface area contributed by atoms with Crippen LogP contribution in [0.2, 0.25) is 0 Å². The molecule has 1 aromatic rings. The van der Waals surface area contributed by atoms with Crippen molar-refractivity contribution in [1.29, 1.82) is 0 Å². The summed E-state index contributed by atoms with van der Waals surface area (Å²) in [5.74, 6) is 0.905. The first-order chi connectivity index (χ1) is 9.74. The summed E-state index contributed by atoms with van der Waals surface area (Å²) in [6.07, 6.45) is 10.3. The fourth-order valence-corrected chi connectivity index (χ4v) is 3.67. The standard InChI is InChI=1S/C16H21FN2O/c17-15-8-14(9-18-10-15)16(20)19-7-6-13(11-19)12-4-2-1-3-5-12/h8-10,12-13H,1-7,11H2/t13-/m0/s1. The number of carbonyl (C=O) groups excluding carboxylic acids is 1. The molecule has 1 aliphatic heterocycles. The maximum absolute atomic E-state index is 13.1. The van der Waals surface area contributed by atoms with Crippen molar-refractivity contribution in [1.82, 2.24) is 9.88 Å². The quantitative estimate of drug-likeness (QED) is 0.830. The molecule has 2 heterocycles. The third-order valence-corrected chi connectivity index (χ3v) is 4.78. The molecule has 2 fully saturated rings. The summed E-state index contributed by atoms with van der Waals surface area (Å²) in [4.78, 5) is 18.0. The van der Waals surface area contributed by atoms with Gasteiger partial charge in [-0.2, -0.15) is 0 Å². The molecule has 0 bridgehead atoms. The van der Waals surface area contributed by atoms with E-state index in [1.165, 1.54) is 44.4 Å². The summed E-state index contributed by atoms with van der Waals surface area (Å²) in [6.45, 7) is 1.64. The molecular formula is C16H21FN2O. The maximum Gasteiger partial charge on any atom is 0.255 e. The van der Waals surface area contributed by atoms with Gasteiger partial charge >= 0.3 is 0 Å². The third kappa shape index (κ3) is 2.84. The minimum Gasteiger partial charge on any atom is -0.338 e. The van der Waals surface area contributed by atoms with Crippen molar-refractivity contribution < 1.29 is 9.18 Å². The molecule has 0 spiro atoms. The van der Waals surface area contributed by atoms with Crippen LogP contribution >= 0.6 is 0 Å². The molecule has 0 radical (unpaired) electrons. The van der Waals surface area contributed by atoms with Gasteiger partial charge in [-0.25, -0.2) is 4.39 Å². The van der Waals surface area contributed by atoms with E-state index in [9.17, 15) is 9.18 Å². The molecule has 1 atom stereocenters. The predicted octanol–water partition coefficient (Wildman–Crippen LogP) is 3.26. The lowest BCUT2D eigenvalue weighted by Crippen LogP contribution is -2.30. The SMILES string of the molecule is O=C(c1cncc(F)c1)N1CC[C@H](C2CCCCC2)C1. The van der Waals surface area contributed by atoms with Crippen molar-refractivity contribution in [3.8, 4) is 0 Å². The van der Waals surface area contributed by atoms with Gasteiger partial charge in [-0.3, -0.25) is 9.78 Å². The molecule has 3 nitrogen and oxygen atoms in total. The average Bonchev–Trinajstić information content (AvgIpc) is 2.97. The number of likely N-dealkylation sites (tertiary alicyclic amines) is 1. The fourth-order valence-electron chi connectivity index (χ4n) is 3.67. The van der Waals surface area contributed by atoms with E-state index in [0.717, 1.165) is 31.6 Å². The lowest BCUT2D eigenvalue weighted by Gasteiger charge is -2.27. The van der Waals surface area contributed by atoms with Gasteiger partial charge in [0.05, 0.1) is 11.8 Å². The van der Waals surface area contributed by atoms with Gasteiger partial charge in [-0.15, -0.1) is 0 Å². The van der Waals surface area contributed by atoms with Crippen LogP contribution in [0.1, 0.15) is 48.9 Å². The fraction of sp³-hybridized carbons (Fsp3) is 0.625. The van der Waals surface area contributed by atoms with Crippen LogP contribution in [0.5, 0.6) is 0 Å². The second-order valence-electron chi connectivity index (χ2n) is 6.09. The molecule has 0 unspecified atom stereocenters. The molecule has 1 saturated carbocycles. The van der Waals surface area contributed by atoms with Crippen molar-refractivity contribution in [2.75, 3.05) is 13.1 Å². The predicted molar refractivity (Wildman–Crippen MR) is 74.8 cm³/mol. The molecule has 0 aromatic carbocycles. The summed E-state index contributed by atoms with van der Waals surface area (Å²) in [5.41, 5.74) is 0.370. The van der Waals surface area contributed by atoms with Crippen LogP contribution in [-0.2, 0) is 0 Å². The highest BCUT2D eigenvalue weighted by atomic mass is 19.1. The van der Waals surface area contributed by atoms with Crippen molar-refractivity contribution >= 4 is 5.91 Å². The Labute approximate surface area is 119 Å². The van der Waals surface area contributed by atoms with Crippen LogP contribution < -0.4 is 0 Å². The van der Waals surface area contributed by atoms with Crippen molar-refractivity contribution in [2.24, 2.45) is 11.8 Å². The average molecular weight is 276 g/mol. The molecule has 1 amide bonds. The smallest absolute Gasteiger partial charge is 0.255 e. The second-order valence-corrected chi connectivity index (χ2v) is 6.09. The minimum atomic E-state index is -0.445. The first-order valence-electron chi connectivity index (χ1n) is 7.64. The summed E-state index contributed by atoms with van der Waals surface area (Å²) >= 11 is 0. The maximum atomic E-state index is 13.1. The Morgan fingerprint density at radius 1 is 1.15 bits per heavy atom. The highest BCUT2D eigenvalue weighted by Gasteiger charge is 2.32. The number of carbonyl (C=O) groups is 1. The first-order valence-corrected chi connectivity index (χ1v) is 7.64. The highest BCUT2D eigenvalue weighted by Crippen LogP contribution is 2.35. The summed E-state index contributed by atoms with van der Waals surface area (Å²) in [6, 6.07) is 1.28. The Hall–Kier alpha value is -1.45. The number of halogens is 1. The molecule has 3 rings (SSSR count). The van der Waals surface area contributed by atoms with E-state index in [2.05, 4.69) is 4.98 Å². The molecule has 4 heteroatoms. The monoisotopic (exact) mass is 276 g/mol. The van der Waals surface area contributed by atoms with Crippen molar-refractivity contribution in [3.63, 3.8) is 0 Å². The van der Waals surface area contributed by atoms with Gasteiger partial charge in [0, 0.05) is 19.3 Å². The second kappa shape index (κ2) is 5.90. The van der Waals surface area contributed by atoms with Gasteiger partial charge in [-0.05, 0) is 24.3 Å². The van der Waals surface area contributed by atoms with Gasteiger partial charge < -0.3 is 4.90 Å². The topological polar surface area (TPSA) is 33.2 Å². The van der Waals surface area contributed by atoms with Gasteiger partial charge in [-0.1, -0.05) is 32.1 Å². The third-order valence-electron chi connectivity index (χ3n) is 4.78. The van der Waals surface area contributed by atoms with Crippen molar-refractivity contribution in [2.45, 2.75) is 38.5 Å². The molecule has 1 saturated heterocycles. The Morgan fingerprint density at radius 3 is 2.70 bits per heavy atom. The van der Waals surface area contributed by atoms with Crippen LogP contribution in [0, 0.1) is 17.7 Å². The van der Waals surface area contributed by atoms with E-state index in [0.29, 0.717) is 11.5 Å². The summed E-state index contributed by atoms with van der Waals surface area (Å²) in [5, 5.41) is 0. The largest absolute Gasteiger partial charge is 0.338 e. The zero-order valence-corrected chi connectivity index (χ0v) is 11.7. The van der Waals surface area contributed by atoms with E-state index in [1.807, 2.05) is 4.90 Å². The lowest BCUT2D eigenvalue weighted by atomic mass is 9.80. The van der Waals surface area contributed by atoms with Crippen molar-refractivity contribution in [3.05, 3.63) is 29.8 Å². The van der Waals surface area contributed by atoms with Crippen LogP contribution in [0.25, 0.3) is 0 Å². The molecule has 0 N–H and O–H groups in total. The Balaban J connectivity index is 1.63. The Kier molecular flexibility index (Phi) is 3.99. The van der Waals surface area contributed by atoms with E-state index in [1.54, 1.807) is 0 Å². The number of nitrogens with zero attached hydrogens (tertiary/aromatic N) is 2. The van der Waals surface area contributed by atoms with E-state index < -0.39 is 5.82 Å². The zero-order chi connectivity index (χ0) is 13.9. The minimum absolute atomic E-state index is 0.0738. The number of amides is 1. The Morgan fingerprint density at radius 2 is 1.95 bits per heavy atom. The zero-order valence-electron chi connectivity index (χ0n) is 11.7. The van der Waals surface area contributed by atoms with Crippen LogP contribution in [-0.4, -0.2) is 28.9 Å². The van der Waals surface area contributed by atoms with Gasteiger partial charge in [0.15, 0.2) is 0 Å². The van der Waals surface area contributed by atoms with E-state index >= 15 is 0 Å². The number of pyridine rings is 1. The van der Waals surface area contributed by atoms with Crippen LogP contribution in [0.4, 0.5) is 4.39 Å². The molecule has 2 aliphatic rings. The molecule has 20 heavy (non-hydrogen) atoms. The summed E-state index contributed by atoms with van der Waals surface area (Å²) < 4.78 is 13.1. The van der Waals surface area contributed by atoms with Gasteiger partial charge in [0.25, 0.3) is 5.91 Å². The van der Waals surface area contributed by atoms with Gasteiger partial charge in [0.2, 0.25) is 0 Å². The number of aromatic nitrogens is 1. The Bertz CT molecular complexity index is 485. The molecule has 108 valence electrons. The number of hydrogen-bond donors (Lipinski definition) is 0. The first kappa shape index (κ1) is 13.5. The van der Waals surface area contributed by atoms with Crippen LogP contribution in [0.3, 0.4) is 0 Å². The van der Waals surface area contributed by atoms with E-state index in [4.69, 9.17) is 0 Å².